The molecule has 1 aromatic heterocycles. The molecule has 1 aromatic rings. The first-order valence-corrected chi connectivity index (χ1v) is 8.57. The van der Waals surface area contributed by atoms with Crippen molar-refractivity contribution in [2.45, 2.75) is 54.8 Å². The van der Waals surface area contributed by atoms with Gasteiger partial charge in [0.25, 0.3) is 0 Å². The van der Waals surface area contributed by atoms with Crippen molar-refractivity contribution < 1.29 is 5.11 Å². The number of hydrogen-bond acceptors (Lipinski definition) is 4. The molecule has 2 rings (SSSR count). The van der Waals surface area contributed by atoms with E-state index < -0.39 is 0 Å². The van der Waals surface area contributed by atoms with Gasteiger partial charge in [-0.25, -0.2) is 4.98 Å². The normalized spacial score (nSPS) is 26.6. The van der Waals surface area contributed by atoms with E-state index in [0.717, 1.165) is 37.3 Å². The van der Waals surface area contributed by atoms with E-state index in [1.54, 1.807) is 18.0 Å². The molecule has 0 spiro atoms. The topological polar surface area (TPSA) is 45.1 Å². The summed E-state index contributed by atoms with van der Waals surface area (Å²) in [6, 6.07) is 3.86. The third kappa shape index (κ3) is 4.35. The summed E-state index contributed by atoms with van der Waals surface area (Å²) in [5.74, 6) is 0. The number of hydrogen-bond donors (Lipinski definition) is 2. The molecule has 1 heterocycles. The smallest absolute Gasteiger partial charge is 0.0963 e. The molecule has 20 heavy (non-hydrogen) atoms. The summed E-state index contributed by atoms with van der Waals surface area (Å²) in [6.45, 7) is 3.35. The highest BCUT2D eigenvalue weighted by molar-refractivity contribution is 7.99. The fourth-order valence-corrected chi connectivity index (χ4v) is 4.16. The van der Waals surface area contributed by atoms with Gasteiger partial charge in [0.1, 0.15) is 0 Å². The van der Waals surface area contributed by atoms with Gasteiger partial charge in [0.15, 0.2) is 0 Å². The number of nitrogens with zero attached hydrogens (tertiary/aromatic N) is 1. The lowest BCUT2D eigenvalue weighted by molar-refractivity contribution is 0.124. The Morgan fingerprint density at radius 1 is 1.55 bits per heavy atom. The van der Waals surface area contributed by atoms with Crippen LogP contribution in [-0.4, -0.2) is 34.0 Å². The first-order chi connectivity index (χ1) is 9.67. The van der Waals surface area contributed by atoms with E-state index in [0.29, 0.717) is 10.3 Å². The summed E-state index contributed by atoms with van der Waals surface area (Å²) in [4.78, 5) is 4.36. The molecule has 0 amide bonds. The first-order valence-electron chi connectivity index (χ1n) is 7.31. The van der Waals surface area contributed by atoms with E-state index in [-0.39, 0.29) is 12.1 Å². The zero-order valence-corrected chi connectivity index (χ0v) is 13.5. The molecule has 2 N–H and O–H groups in total. The van der Waals surface area contributed by atoms with Gasteiger partial charge in [-0.15, -0.1) is 11.8 Å². The van der Waals surface area contributed by atoms with Gasteiger partial charge in [0.2, 0.25) is 0 Å². The lowest BCUT2D eigenvalue weighted by atomic mass is 9.82. The monoisotopic (exact) mass is 314 g/mol. The van der Waals surface area contributed by atoms with Crippen molar-refractivity contribution in [2.75, 3.05) is 13.2 Å². The highest BCUT2D eigenvalue weighted by Crippen LogP contribution is 2.37. The van der Waals surface area contributed by atoms with Crippen molar-refractivity contribution in [2.24, 2.45) is 0 Å². The van der Waals surface area contributed by atoms with Crippen molar-refractivity contribution in [3.8, 4) is 0 Å². The predicted molar refractivity (Wildman–Crippen MR) is 85.5 cm³/mol. The summed E-state index contributed by atoms with van der Waals surface area (Å²) in [5, 5.41) is 15.5. The van der Waals surface area contributed by atoms with Crippen LogP contribution in [0.15, 0.2) is 23.4 Å². The second kappa shape index (κ2) is 7.64. The molecule has 0 saturated heterocycles. The summed E-state index contributed by atoms with van der Waals surface area (Å²) >= 11 is 7.67. The van der Waals surface area contributed by atoms with E-state index in [1.807, 2.05) is 12.1 Å². The molecule has 1 aliphatic carbocycles. The fourth-order valence-electron chi connectivity index (χ4n) is 2.76. The number of pyridine rings is 1. The van der Waals surface area contributed by atoms with Crippen molar-refractivity contribution in [3.63, 3.8) is 0 Å². The van der Waals surface area contributed by atoms with Crippen molar-refractivity contribution in [1.29, 1.82) is 0 Å². The first kappa shape index (κ1) is 16.1. The maximum absolute atomic E-state index is 9.78. The Morgan fingerprint density at radius 3 is 3.05 bits per heavy atom. The van der Waals surface area contributed by atoms with Gasteiger partial charge in [-0.05, 0) is 44.4 Å². The largest absolute Gasteiger partial charge is 0.394 e. The summed E-state index contributed by atoms with van der Waals surface area (Å²) in [6.07, 6.45) is 7.19. The molecule has 0 aliphatic heterocycles. The Balaban J connectivity index is 1.96. The highest BCUT2D eigenvalue weighted by Gasteiger charge is 2.35. The lowest BCUT2D eigenvalue weighted by Crippen LogP contribution is -2.52. The van der Waals surface area contributed by atoms with Crippen LogP contribution in [-0.2, 0) is 0 Å². The van der Waals surface area contributed by atoms with Crippen molar-refractivity contribution in [1.82, 2.24) is 10.3 Å². The molecule has 0 aromatic carbocycles. The van der Waals surface area contributed by atoms with Crippen molar-refractivity contribution in [3.05, 3.63) is 23.4 Å². The van der Waals surface area contributed by atoms with Crippen LogP contribution >= 0.6 is 23.4 Å². The summed E-state index contributed by atoms with van der Waals surface area (Å²) in [5.41, 5.74) is -0.0989. The van der Waals surface area contributed by atoms with Crippen LogP contribution in [0.25, 0.3) is 0 Å². The second-order valence-corrected chi connectivity index (χ2v) is 7.27. The van der Waals surface area contributed by atoms with Gasteiger partial charge in [0.05, 0.1) is 16.7 Å². The standard InChI is InChI=1S/C15H23ClN2OS/c1-2-8-18-15(11-19)7-3-4-13(9-15)20-14-6-5-12(16)10-17-14/h5-6,10,13,18-19H,2-4,7-9,11H2,1H3. The number of halogens is 1. The van der Waals surface area contributed by atoms with Crippen LogP contribution in [0.2, 0.25) is 5.02 Å². The van der Waals surface area contributed by atoms with Crippen LogP contribution in [0.4, 0.5) is 0 Å². The van der Waals surface area contributed by atoms with Crippen LogP contribution in [0.1, 0.15) is 39.0 Å². The Labute approximate surface area is 130 Å². The van der Waals surface area contributed by atoms with E-state index >= 15 is 0 Å². The zero-order valence-electron chi connectivity index (χ0n) is 11.9. The number of aliphatic hydroxyl groups is 1. The maximum atomic E-state index is 9.78. The number of nitrogens with one attached hydrogen (secondary N) is 1. The molecule has 0 bridgehead atoms. The minimum Gasteiger partial charge on any atom is -0.394 e. The second-order valence-electron chi connectivity index (χ2n) is 5.52. The molecule has 2 atom stereocenters. The van der Waals surface area contributed by atoms with Crippen molar-refractivity contribution >= 4 is 23.4 Å². The number of thioether (sulfide) groups is 1. The van der Waals surface area contributed by atoms with E-state index in [1.165, 1.54) is 6.42 Å². The summed E-state index contributed by atoms with van der Waals surface area (Å²) in [7, 11) is 0. The average molecular weight is 315 g/mol. The molecule has 0 radical (unpaired) electrons. The van der Waals surface area contributed by atoms with Gasteiger partial charge in [0, 0.05) is 17.0 Å². The molecule has 2 unspecified atom stereocenters. The number of rotatable bonds is 6. The van der Waals surface area contributed by atoms with Gasteiger partial charge in [-0.1, -0.05) is 24.9 Å². The van der Waals surface area contributed by atoms with Crippen LogP contribution < -0.4 is 5.32 Å². The van der Waals surface area contributed by atoms with E-state index in [9.17, 15) is 5.11 Å². The van der Waals surface area contributed by atoms with Crippen LogP contribution in [0, 0.1) is 0 Å². The predicted octanol–water partition coefficient (Wildman–Crippen LogP) is 3.50. The Hall–Kier alpha value is -0.290. The Kier molecular flexibility index (Phi) is 6.15. The fraction of sp³-hybridized carbons (Fsp3) is 0.667. The SMILES string of the molecule is CCCNC1(CO)CCCC(Sc2ccc(Cl)cn2)C1. The number of aliphatic hydroxyl groups excluding tert-OH is 1. The number of aromatic nitrogens is 1. The van der Waals surface area contributed by atoms with Gasteiger partial charge in [-0.2, -0.15) is 0 Å². The molecular formula is C15H23ClN2OS. The minimum atomic E-state index is -0.0989. The minimum absolute atomic E-state index is 0.0989. The highest BCUT2D eigenvalue weighted by atomic mass is 35.5. The van der Waals surface area contributed by atoms with E-state index in [4.69, 9.17) is 11.6 Å². The lowest BCUT2D eigenvalue weighted by Gasteiger charge is -2.40. The van der Waals surface area contributed by atoms with Gasteiger partial charge < -0.3 is 10.4 Å². The third-order valence-electron chi connectivity index (χ3n) is 3.84. The Morgan fingerprint density at radius 2 is 2.40 bits per heavy atom. The molecule has 5 heteroatoms. The summed E-state index contributed by atoms with van der Waals surface area (Å²) < 4.78 is 0. The molecule has 112 valence electrons. The third-order valence-corrected chi connectivity index (χ3v) is 5.28. The Bertz CT molecular complexity index is 415. The average Bonchev–Trinajstić information content (AvgIpc) is 2.48. The van der Waals surface area contributed by atoms with E-state index in [2.05, 4.69) is 17.2 Å². The molecule has 1 aliphatic rings. The maximum Gasteiger partial charge on any atom is 0.0963 e. The molecule has 3 nitrogen and oxygen atoms in total. The molecular weight excluding hydrogens is 292 g/mol. The molecule has 1 fully saturated rings. The quantitative estimate of drug-likeness (QED) is 0.843. The van der Waals surface area contributed by atoms with Gasteiger partial charge >= 0.3 is 0 Å². The van der Waals surface area contributed by atoms with Crippen LogP contribution in [0.3, 0.4) is 0 Å². The zero-order chi connectivity index (χ0) is 14.4. The molecule has 1 saturated carbocycles. The van der Waals surface area contributed by atoms with Crippen LogP contribution in [0.5, 0.6) is 0 Å². The van der Waals surface area contributed by atoms with Gasteiger partial charge in [-0.3, -0.25) is 0 Å².